The van der Waals surface area contributed by atoms with Gasteiger partial charge in [-0.2, -0.15) is 0 Å². The molecule has 0 aliphatic rings. The predicted octanol–water partition coefficient (Wildman–Crippen LogP) is 3.61. The van der Waals surface area contributed by atoms with Crippen LogP contribution in [0.1, 0.15) is 21.8 Å². The van der Waals surface area contributed by atoms with E-state index in [1.807, 2.05) is 44.2 Å². The maximum atomic E-state index is 12.2. The summed E-state index contributed by atoms with van der Waals surface area (Å²) in [6.07, 6.45) is 0. The maximum absolute atomic E-state index is 12.2. The van der Waals surface area contributed by atoms with Crippen molar-refractivity contribution >= 4 is 11.6 Å². The van der Waals surface area contributed by atoms with E-state index in [0.717, 1.165) is 11.1 Å². The molecule has 6 nitrogen and oxygen atoms in total. The summed E-state index contributed by atoms with van der Waals surface area (Å²) in [5.41, 5.74) is 3.62. The minimum Gasteiger partial charge on any atom is -0.497 e. The van der Waals surface area contributed by atoms with Crippen LogP contribution in [0.25, 0.3) is 11.5 Å². The molecule has 2 aromatic carbocycles. The van der Waals surface area contributed by atoms with Crippen molar-refractivity contribution in [3.8, 4) is 17.2 Å². The average Bonchev–Trinajstić information content (AvgIpc) is 3.08. The topological polar surface area (TPSA) is 77.2 Å². The van der Waals surface area contributed by atoms with Crippen molar-refractivity contribution in [2.45, 2.75) is 13.8 Å². The zero-order valence-electron chi connectivity index (χ0n) is 13.7. The van der Waals surface area contributed by atoms with Gasteiger partial charge in [0.05, 0.1) is 7.11 Å². The van der Waals surface area contributed by atoms with Gasteiger partial charge in [0.25, 0.3) is 0 Å². The molecular weight excluding hydrogens is 306 g/mol. The Balaban J connectivity index is 1.79. The van der Waals surface area contributed by atoms with Crippen LogP contribution in [0.5, 0.6) is 5.75 Å². The lowest BCUT2D eigenvalue weighted by Gasteiger charge is -2.05. The number of anilines is 1. The van der Waals surface area contributed by atoms with E-state index in [0.29, 0.717) is 17.0 Å². The molecule has 0 saturated heterocycles. The molecule has 0 fully saturated rings. The van der Waals surface area contributed by atoms with Crippen molar-refractivity contribution < 1.29 is 13.9 Å². The Kier molecular flexibility index (Phi) is 4.29. The molecule has 0 aliphatic heterocycles. The number of rotatable bonds is 4. The molecule has 0 spiro atoms. The van der Waals surface area contributed by atoms with Crippen molar-refractivity contribution in [1.29, 1.82) is 0 Å². The molecule has 0 bridgehead atoms. The van der Waals surface area contributed by atoms with Gasteiger partial charge >= 0.3 is 11.8 Å². The number of hydrogen-bond donors (Lipinski definition) is 1. The van der Waals surface area contributed by atoms with Gasteiger partial charge in [-0.1, -0.05) is 12.1 Å². The fourth-order valence-electron chi connectivity index (χ4n) is 2.19. The molecule has 0 atom stereocenters. The molecular formula is C18H17N3O3. The van der Waals surface area contributed by atoms with Gasteiger partial charge in [-0.25, -0.2) is 0 Å². The highest BCUT2D eigenvalue weighted by Crippen LogP contribution is 2.23. The fourth-order valence-corrected chi connectivity index (χ4v) is 2.19. The van der Waals surface area contributed by atoms with Gasteiger partial charge in [0, 0.05) is 11.3 Å². The number of carbonyl (C=O) groups is 1. The van der Waals surface area contributed by atoms with Crippen LogP contribution in [0.2, 0.25) is 0 Å². The molecule has 122 valence electrons. The first-order valence-electron chi connectivity index (χ1n) is 7.43. The number of methoxy groups -OCH3 is 1. The standard InChI is InChI=1S/C18H17N3O3/c1-11-7-8-14(9-12(11)2)19-16(22)18-21-20-17(24-18)13-5-4-6-15(10-13)23-3/h4-10H,1-3H3,(H,19,22). The minimum absolute atomic E-state index is 0.0916. The molecule has 1 aromatic heterocycles. The van der Waals surface area contributed by atoms with Crippen molar-refractivity contribution in [2.24, 2.45) is 0 Å². The van der Waals surface area contributed by atoms with Crippen LogP contribution in [-0.2, 0) is 0 Å². The molecule has 0 unspecified atom stereocenters. The second kappa shape index (κ2) is 6.54. The molecule has 0 radical (unpaired) electrons. The zero-order chi connectivity index (χ0) is 17.1. The van der Waals surface area contributed by atoms with Crippen LogP contribution in [0, 0.1) is 13.8 Å². The van der Waals surface area contributed by atoms with E-state index in [-0.39, 0.29) is 11.8 Å². The van der Waals surface area contributed by atoms with Gasteiger partial charge in [-0.15, -0.1) is 10.2 Å². The lowest BCUT2D eigenvalue weighted by molar-refractivity contribution is 0.0991. The number of carbonyl (C=O) groups excluding carboxylic acids is 1. The van der Waals surface area contributed by atoms with Gasteiger partial charge in [-0.05, 0) is 55.3 Å². The number of ether oxygens (including phenoxy) is 1. The molecule has 1 amide bonds. The molecule has 1 heterocycles. The van der Waals surface area contributed by atoms with Crippen LogP contribution >= 0.6 is 0 Å². The number of aryl methyl sites for hydroxylation is 2. The Hall–Kier alpha value is -3.15. The van der Waals surface area contributed by atoms with E-state index in [1.165, 1.54) is 0 Å². The Morgan fingerprint density at radius 3 is 2.67 bits per heavy atom. The van der Waals surface area contributed by atoms with Gasteiger partial charge in [-0.3, -0.25) is 4.79 Å². The molecule has 3 aromatic rings. The van der Waals surface area contributed by atoms with Crippen LogP contribution in [0.3, 0.4) is 0 Å². The third kappa shape index (κ3) is 3.27. The highest BCUT2D eigenvalue weighted by Gasteiger charge is 2.16. The molecule has 1 N–H and O–H groups in total. The number of hydrogen-bond acceptors (Lipinski definition) is 5. The molecule has 0 aliphatic carbocycles. The molecule has 3 rings (SSSR count). The second-order valence-electron chi connectivity index (χ2n) is 5.40. The van der Waals surface area contributed by atoms with Gasteiger partial charge in [0.15, 0.2) is 0 Å². The summed E-state index contributed by atoms with van der Waals surface area (Å²) in [5, 5.41) is 10.5. The van der Waals surface area contributed by atoms with Crippen molar-refractivity contribution in [3.05, 3.63) is 59.5 Å². The third-order valence-corrected chi connectivity index (χ3v) is 3.70. The lowest BCUT2D eigenvalue weighted by Crippen LogP contribution is -2.12. The Bertz CT molecular complexity index is 887. The summed E-state index contributed by atoms with van der Waals surface area (Å²) in [7, 11) is 1.58. The maximum Gasteiger partial charge on any atom is 0.313 e. The summed E-state index contributed by atoms with van der Waals surface area (Å²) in [6, 6.07) is 12.9. The van der Waals surface area contributed by atoms with E-state index < -0.39 is 5.91 Å². The number of aromatic nitrogens is 2. The highest BCUT2D eigenvalue weighted by molar-refractivity contribution is 6.01. The van der Waals surface area contributed by atoms with E-state index >= 15 is 0 Å². The quantitative estimate of drug-likeness (QED) is 0.793. The Labute approximate surface area is 139 Å². The number of benzene rings is 2. The number of nitrogens with one attached hydrogen (secondary N) is 1. The van der Waals surface area contributed by atoms with Crippen LogP contribution in [0.4, 0.5) is 5.69 Å². The monoisotopic (exact) mass is 323 g/mol. The van der Waals surface area contributed by atoms with Gasteiger partial charge < -0.3 is 14.5 Å². The smallest absolute Gasteiger partial charge is 0.313 e. The Morgan fingerprint density at radius 1 is 1.08 bits per heavy atom. The first-order chi connectivity index (χ1) is 11.6. The number of amides is 1. The number of nitrogens with zero attached hydrogens (tertiary/aromatic N) is 2. The minimum atomic E-state index is -0.445. The Morgan fingerprint density at radius 2 is 1.92 bits per heavy atom. The van der Waals surface area contributed by atoms with Gasteiger partial charge in [0.2, 0.25) is 5.89 Å². The van der Waals surface area contributed by atoms with Crippen LogP contribution < -0.4 is 10.1 Å². The summed E-state index contributed by atoms with van der Waals surface area (Å²) in [5.74, 6) is 0.400. The first-order valence-corrected chi connectivity index (χ1v) is 7.43. The zero-order valence-corrected chi connectivity index (χ0v) is 13.7. The van der Waals surface area contributed by atoms with Crippen molar-refractivity contribution in [2.75, 3.05) is 12.4 Å². The van der Waals surface area contributed by atoms with E-state index in [9.17, 15) is 4.79 Å². The van der Waals surface area contributed by atoms with E-state index in [1.54, 1.807) is 19.2 Å². The van der Waals surface area contributed by atoms with Crippen molar-refractivity contribution in [1.82, 2.24) is 10.2 Å². The fraction of sp³-hybridized carbons (Fsp3) is 0.167. The first kappa shape index (κ1) is 15.7. The van der Waals surface area contributed by atoms with E-state index in [4.69, 9.17) is 9.15 Å². The summed E-state index contributed by atoms with van der Waals surface area (Å²) < 4.78 is 10.6. The third-order valence-electron chi connectivity index (χ3n) is 3.70. The molecule has 6 heteroatoms. The molecule has 0 saturated carbocycles. The summed E-state index contributed by atoms with van der Waals surface area (Å²) >= 11 is 0. The SMILES string of the molecule is COc1cccc(-c2nnc(C(=O)Nc3ccc(C)c(C)c3)o2)c1. The van der Waals surface area contributed by atoms with Crippen LogP contribution in [0.15, 0.2) is 46.9 Å². The van der Waals surface area contributed by atoms with Crippen molar-refractivity contribution in [3.63, 3.8) is 0 Å². The molecule has 24 heavy (non-hydrogen) atoms. The predicted molar refractivity (Wildman–Crippen MR) is 90.2 cm³/mol. The summed E-state index contributed by atoms with van der Waals surface area (Å²) in [6.45, 7) is 4.00. The van der Waals surface area contributed by atoms with E-state index in [2.05, 4.69) is 15.5 Å². The lowest BCUT2D eigenvalue weighted by atomic mass is 10.1. The average molecular weight is 323 g/mol. The highest BCUT2D eigenvalue weighted by atomic mass is 16.5. The van der Waals surface area contributed by atoms with Gasteiger partial charge in [0.1, 0.15) is 5.75 Å². The second-order valence-corrected chi connectivity index (χ2v) is 5.40. The largest absolute Gasteiger partial charge is 0.497 e. The summed E-state index contributed by atoms with van der Waals surface area (Å²) in [4.78, 5) is 12.2. The van der Waals surface area contributed by atoms with Crippen LogP contribution in [-0.4, -0.2) is 23.2 Å². The normalized spacial score (nSPS) is 10.5.